The van der Waals surface area contributed by atoms with Crippen molar-refractivity contribution in [3.05, 3.63) is 206 Å². The van der Waals surface area contributed by atoms with E-state index in [0.29, 0.717) is 0 Å². The number of rotatable bonds is 2. The quantitative estimate of drug-likeness (QED) is 0.153. The summed E-state index contributed by atoms with van der Waals surface area (Å²) in [6.07, 6.45) is 0. The maximum atomic E-state index is 2.51. The summed E-state index contributed by atoms with van der Waals surface area (Å²) in [4.78, 5) is 0. The monoisotopic (exact) mass is 808 g/mol. The zero-order valence-electron chi connectivity index (χ0n) is 35.6. The van der Waals surface area contributed by atoms with Gasteiger partial charge in [-0.2, -0.15) is 0 Å². The number of hydrogen-bond donors (Lipinski definition) is 0. The van der Waals surface area contributed by atoms with E-state index in [0.717, 1.165) is 0 Å². The molecule has 15 rings (SSSR count). The Kier molecular flexibility index (Phi) is 7.34. The molecule has 0 radical (unpaired) electrons. The first-order chi connectivity index (χ1) is 31.7. The fraction of sp³-hybridized carbons (Fsp3) is 0.0312. The first-order valence-electron chi connectivity index (χ1n) is 22.7. The van der Waals surface area contributed by atoms with E-state index in [1.165, 1.54) is 152 Å². The van der Waals surface area contributed by atoms with Crippen molar-refractivity contribution in [2.24, 2.45) is 0 Å². The molecule has 0 aliphatic carbocycles. The zero-order valence-corrected chi connectivity index (χ0v) is 35.6. The topological polar surface area (TPSA) is 0 Å². The molecule has 0 atom stereocenters. The van der Waals surface area contributed by atoms with Gasteiger partial charge in [-0.15, -0.1) is 0 Å². The molecule has 296 valence electrons. The molecule has 0 heterocycles. The predicted molar refractivity (Wildman–Crippen MR) is 281 cm³/mol. The summed E-state index contributed by atoms with van der Waals surface area (Å²) < 4.78 is 0. The van der Waals surface area contributed by atoms with E-state index in [4.69, 9.17) is 0 Å². The Labute approximate surface area is 369 Å². The van der Waals surface area contributed by atoms with Crippen LogP contribution >= 0.6 is 0 Å². The predicted octanol–water partition coefficient (Wildman–Crippen LogP) is 18.8. The van der Waals surface area contributed by atoms with E-state index in [1.807, 2.05) is 13.8 Å². The lowest BCUT2D eigenvalue weighted by molar-refractivity contribution is 1.50. The van der Waals surface area contributed by atoms with Gasteiger partial charge in [-0.25, -0.2) is 0 Å². The molecular formula is C64H40. The molecule has 0 saturated heterocycles. The summed E-state index contributed by atoms with van der Waals surface area (Å²) in [5.74, 6) is 0. The average molecular weight is 809 g/mol. The second kappa shape index (κ2) is 13.2. The van der Waals surface area contributed by atoms with Gasteiger partial charge in [0.1, 0.15) is 0 Å². The highest BCUT2D eigenvalue weighted by Crippen LogP contribution is 2.49. The minimum absolute atomic E-state index is 1.25. The van der Waals surface area contributed by atoms with Crippen molar-refractivity contribution in [3.63, 3.8) is 0 Å². The Balaban J connectivity index is 0.00000195. The summed E-state index contributed by atoms with van der Waals surface area (Å²) in [6.45, 7) is 4.00. The third-order valence-electron chi connectivity index (χ3n) is 14.4. The van der Waals surface area contributed by atoms with Gasteiger partial charge in [0.2, 0.25) is 0 Å². The molecule has 0 aliphatic heterocycles. The van der Waals surface area contributed by atoms with Crippen LogP contribution in [0.15, 0.2) is 206 Å². The van der Waals surface area contributed by atoms with E-state index >= 15 is 0 Å². The van der Waals surface area contributed by atoms with Crippen LogP contribution in [0.25, 0.3) is 152 Å². The van der Waals surface area contributed by atoms with Gasteiger partial charge in [-0.05, 0) is 200 Å². The molecule has 0 amide bonds. The maximum absolute atomic E-state index is 2.51. The minimum Gasteiger partial charge on any atom is -0.0683 e. The fourth-order valence-electron chi connectivity index (χ4n) is 11.7. The first kappa shape index (κ1) is 35.5. The lowest BCUT2D eigenvalue weighted by Gasteiger charge is -2.12. The summed E-state index contributed by atoms with van der Waals surface area (Å²) in [5.41, 5.74) is 5.07. The van der Waals surface area contributed by atoms with Crippen LogP contribution < -0.4 is 0 Å². The van der Waals surface area contributed by atoms with Crippen molar-refractivity contribution < 1.29 is 0 Å². The summed E-state index contributed by atoms with van der Waals surface area (Å²) in [6, 6.07) is 78.1. The highest BCUT2D eigenvalue weighted by Gasteiger charge is 2.21. The second-order valence-corrected chi connectivity index (χ2v) is 17.5. The highest BCUT2D eigenvalue weighted by molar-refractivity contribution is 6.41. The standard InChI is InChI=1S/C62H34.C2H6/c1-3-13-41-36(11-1)29-52(45-17-7-5-15-43(41)45)38-24-23-35-28-56-55(32-40(35)27-38)49-20-10-22-51-57-33-59-47-26-25-39(53-30-37-12-2-4-14-42(37)44-16-6-8-18-46(44)53)31-54(47)48-19-9-21-50(61(48)59)58(57)34-60(56)62(49)51;1-2/h1-34H;1-2H3. The molecule has 0 fully saturated rings. The third-order valence-corrected chi connectivity index (χ3v) is 14.4. The van der Waals surface area contributed by atoms with Gasteiger partial charge in [-0.3, -0.25) is 0 Å². The first-order valence-corrected chi connectivity index (χ1v) is 22.7. The molecular weight excluding hydrogens is 769 g/mol. The van der Waals surface area contributed by atoms with E-state index in [2.05, 4.69) is 206 Å². The molecule has 0 nitrogen and oxygen atoms in total. The molecule has 0 spiro atoms. The Morgan fingerprint density at radius 2 is 0.562 bits per heavy atom. The van der Waals surface area contributed by atoms with Gasteiger partial charge >= 0.3 is 0 Å². The van der Waals surface area contributed by atoms with Crippen LogP contribution in [0, 0.1) is 0 Å². The number of fused-ring (bicyclic) bond motifs is 16. The molecule has 0 aliphatic rings. The number of hydrogen-bond acceptors (Lipinski definition) is 0. The van der Waals surface area contributed by atoms with Crippen LogP contribution in [0.1, 0.15) is 13.8 Å². The van der Waals surface area contributed by atoms with Gasteiger partial charge in [0.15, 0.2) is 0 Å². The van der Waals surface area contributed by atoms with Crippen molar-refractivity contribution in [2.75, 3.05) is 0 Å². The van der Waals surface area contributed by atoms with Crippen molar-refractivity contribution in [1.82, 2.24) is 0 Å². The molecule has 0 aromatic heterocycles. The van der Waals surface area contributed by atoms with Crippen molar-refractivity contribution in [2.45, 2.75) is 13.8 Å². The molecule has 0 saturated carbocycles. The summed E-state index contributed by atoms with van der Waals surface area (Å²) in [7, 11) is 0. The number of benzene rings is 13. The molecule has 0 N–H and O–H groups in total. The molecule has 0 heteroatoms. The lowest BCUT2D eigenvalue weighted by atomic mass is 9.92. The van der Waals surface area contributed by atoms with Crippen molar-refractivity contribution in [1.29, 1.82) is 0 Å². The Bertz CT molecular complexity index is 4430. The fourth-order valence-corrected chi connectivity index (χ4v) is 11.7. The van der Waals surface area contributed by atoms with Crippen LogP contribution in [0.4, 0.5) is 0 Å². The van der Waals surface area contributed by atoms with Crippen molar-refractivity contribution in [3.8, 4) is 22.3 Å². The van der Waals surface area contributed by atoms with Gasteiger partial charge in [0, 0.05) is 0 Å². The van der Waals surface area contributed by atoms with Crippen molar-refractivity contribution >= 4 is 129 Å². The Morgan fingerprint density at radius 3 is 1.12 bits per heavy atom. The van der Waals surface area contributed by atoms with Gasteiger partial charge < -0.3 is 0 Å². The largest absolute Gasteiger partial charge is 0.0683 e. The zero-order chi connectivity index (χ0) is 42.2. The highest BCUT2D eigenvalue weighted by atomic mass is 14.2. The SMILES string of the molecule is CC.c1ccc2c(c1)cc(-c1ccc3cc4c(cc3c1)c1cccc3c5cc6c7ccc(-c8cc9ccccc9c9ccccc89)cc7c7cccc(c5cc4c13)c76)c1ccccc12. The van der Waals surface area contributed by atoms with Gasteiger partial charge in [0.25, 0.3) is 0 Å². The summed E-state index contributed by atoms with van der Waals surface area (Å²) in [5, 5.41) is 31.5. The van der Waals surface area contributed by atoms with Gasteiger partial charge in [0.05, 0.1) is 0 Å². The second-order valence-electron chi connectivity index (χ2n) is 17.5. The van der Waals surface area contributed by atoms with Crippen LogP contribution in [0.5, 0.6) is 0 Å². The average Bonchev–Trinajstić information content (AvgIpc) is 3.85. The van der Waals surface area contributed by atoms with Crippen LogP contribution in [0.2, 0.25) is 0 Å². The normalized spacial score (nSPS) is 12.2. The van der Waals surface area contributed by atoms with E-state index < -0.39 is 0 Å². The molecule has 0 unspecified atom stereocenters. The van der Waals surface area contributed by atoms with Crippen LogP contribution in [-0.2, 0) is 0 Å². The maximum Gasteiger partial charge on any atom is -0.00199 e. The van der Waals surface area contributed by atoms with Crippen LogP contribution in [0.3, 0.4) is 0 Å². The molecule has 64 heavy (non-hydrogen) atoms. The Hall–Kier alpha value is -8.06. The van der Waals surface area contributed by atoms with Crippen LogP contribution in [-0.4, -0.2) is 0 Å². The molecule has 15 aromatic rings. The van der Waals surface area contributed by atoms with E-state index in [1.54, 1.807) is 0 Å². The van der Waals surface area contributed by atoms with Gasteiger partial charge in [-0.1, -0.05) is 172 Å². The molecule has 15 aromatic carbocycles. The smallest absolute Gasteiger partial charge is 0.00199 e. The minimum atomic E-state index is 1.25. The third kappa shape index (κ3) is 4.77. The van der Waals surface area contributed by atoms with E-state index in [9.17, 15) is 0 Å². The van der Waals surface area contributed by atoms with E-state index in [-0.39, 0.29) is 0 Å². The molecule has 0 bridgehead atoms. The summed E-state index contributed by atoms with van der Waals surface area (Å²) >= 11 is 0. The Morgan fingerprint density at radius 1 is 0.188 bits per heavy atom. The lowest BCUT2D eigenvalue weighted by Crippen LogP contribution is -1.85.